The molecule has 6 rings (SSSR count). The van der Waals surface area contributed by atoms with Gasteiger partial charge in [0.1, 0.15) is 15.9 Å². The second-order valence-corrected chi connectivity index (χ2v) is 10.9. The zero-order valence-electron chi connectivity index (χ0n) is 23.8. The van der Waals surface area contributed by atoms with E-state index in [1.807, 2.05) is 18.2 Å². The third kappa shape index (κ3) is 5.43. The van der Waals surface area contributed by atoms with E-state index in [0.717, 1.165) is 0 Å². The average molecular weight is 629 g/mol. The Bertz CT molecular complexity index is 2050. The summed E-state index contributed by atoms with van der Waals surface area (Å²) in [4.78, 5) is 31.6. The number of anilines is 1. The average Bonchev–Trinajstić information content (AvgIpc) is 3.44. The van der Waals surface area contributed by atoms with Crippen molar-refractivity contribution >= 4 is 56.8 Å². The van der Waals surface area contributed by atoms with Crippen LogP contribution in [0.25, 0.3) is 27.5 Å². The molecule has 0 saturated heterocycles. The molecule has 10 nitrogen and oxygen atoms in total. The van der Waals surface area contributed by atoms with Crippen LogP contribution in [-0.2, 0) is 11.2 Å². The van der Waals surface area contributed by atoms with E-state index in [9.17, 15) is 9.59 Å². The maximum atomic E-state index is 14.1. The number of hydrogen-bond acceptors (Lipinski definition) is 9. The van der Waals surface area contributed by atoms with Gasteiger partial charge in [0.15, 0.2) is 11.5 Å². The minimum atomic E-state index is -0.339. The summed E-state index contributed by atoms with van der Waals surface area (Å²) in [5, 5.41) is 9.35. The van der Waals surface area contributed by atoms with E-state index in [1.54, 1.807) is 65.4 Å². The van der Waals surface area contributed by atoms with Gasteiger partial charge in [-0.15, -0.1) is 0 Å². The number of ether oxygens (including phenoxy) is 3. The highest BCUT2D eigenvalue weighted by Crippen LogP contribution is 2.40. The van der Waals surface area contributed by atoms with E-state index in [4.69, 9.17) is 30.3 Å². The van der Waals surface area contributed by atoms with E-state index in [0.29, 0.717) is 65.7 Å². The number of aromatic nitrogens is 3. The molecule has 0 aliphatic heterocycles. The number of fused-ring (bicyclic) bond motifs is 3. The summed E-state index contributed by atoms with van der Waals surface area (Å²) in [6.45, 7) is 0. The number of rotatable bonds is 9. The number of hydrogen-bond donors (Lipinski definition) is 1. The molecule has 3 heterocycles. The van der Waals surface area contributed by atoms with Crippen LogP contribution >= 0.6 is 23.4 Å². The second-order valence-electron chi connectivity index (χ2n) is 9.55. The lowest BCUT2D eigenvalue weighted by atomic mass is 10.1. The first-order valence-corrected chi connectivity index (χ1v) is 14.5. The minimum absolute atomic E-state index is 0.0359. The van der Waals surface area contributed by atoms with Crippen molar-refractivity contribution in [2.45, 2.75) is 16.5 Å². The summed E-state index contributed by atoms with van der Waals surface area (Å²) >= 11 is 7.86. The first-order chi connectivity index (χ1) is 21.4. The Morgan fingerprint density at radius 1 is 0.955 bits per heavy atom. The molecule has 0 spiro atoms. The Hall–Kier alpha value is -5.00. The second kappa shape index (κ2) is 12.3. The Labute approximate surface area is 260 Å². The fourth-order valence-corrected chi connectivity index (χ4v) is 6.04. The highest BCUT2D eigenvalue weighted by atomic mass is 35.5. The summed E-state index contributed by atoms with van der Waals surface area (Å²) in [6, 6.07) is 21.3. The summed E-state index contributed by atoms with van der Waals surface area (Å²) in [6.07, 6.45) is 1.70. The normalized spacial score (nSPS) is 11.1. The van der Waals surface area contributed by atoms with Gasteiger partial charge < -0.3 is 24.1 Å². The Balaban J connectivity index is 1.38. The first kappa shape index (κ1) is 29.1. The Morgan fingerprint density at radius 3 is 2.43 bits per heavy atom. The van der Waals surface area contributed by atoms with Crippen molar-refractivity contribution in [2.75, 3.05) is 26.6 Å². The van der Waals surface area contributed by atoms with Crippen molar-refractivity contribution in [1.82, 2.24) is 14.7 Å². The summed E-state index contributed by atoms with van der Waals surface area (Å²) < 4.78 is 23.4. The van der Waals surface area contributed by atoms with Crippen LogP contribution in [0.1, 0.15) is 5.56 Å². The predicted molar refractivity (Wildman–Crippen MR) is 169 cm³/mol. The van der Waals surface area contributed by atoms with Crippen molar-refractivity contribution < 1.29 is 23.5 Å². The van der Waals surface area contributed by atoms with Crippen molar-refractivity contribution in [2.24, 2.45) is 0 Å². The molecule has 0 unspecified atom stereocenters. The van der Waals surface area contributed by atoms with E-state index in [1.165, 1.54) is 33.1 Å². The molecule has 0 fully saturated rings. The molecule has 1 amide bonds. The predicted octanol–water partition coefficient (Wildman–Crippen LogP) is 6.54. The van der Waals surface area contributed by atoms with Crippen LogP contribution in [0.15, 0.2) is 98.4 Å². The minimum Gasteiger partial charge on any atom is -0.493 e. The van der Waals surface area contributed by atoms with Gasteiger partial charge in [-0.2, -0.15) is 0 Å². The van der Waals surface area contributed by atoms with Crippen LogP contribution in [0.2, 0.25) is 5.02 Å². The Kier molecular flexibility index (Phi) is 8.14. The van der Waals surface area contributed by atoms with Gasteiger partial charge in [0, 0.05) is 35.1 Å². The molecule has 12 heteroatoms. The van der Waals surface area contributed by atoms with Crippen molar-refractivity contribution in [1.29, 1.82) is 0 Å². The zero-order chi connectivity index (χ0) is 30.8. The maximum Gasteiger partial charge on any atom is 0.269 e. The number of carbonyl (C=O) groups is 1. The smallest absolute Gasteiger partial charge is 0.269 e. The topological polar surface area (TPSA) is 118 Å². The number of pyridine rings is 2. The molecule has 6 aromatic rings. The highest BCUT2D eigenvalue weighted by molar-refractivity contribution is 7.99. The molecule has 0 saturated carbocycles. The summed E-state index contributed by atoms with van der Waals surface area (Å²) in [5.41, 5.74) is 2.30. The first-order valence-electron chi connectivity index (χ1n) is 13.3. The fraction of sp³-hybridized carbons (Fsp3) is 0.125. The number of methoxy groups -OCH3 is 3. The van der Waals surface area contributed by atoms with Gasteiger partial charge in [0.25, 0.3) is 5.56 Å². The molecule has 3 aromatic heterocycles. The molecule has 0 bridgehead atoms. The molecule has 1 N–H and O–H groups in total. The molecular weight excluding hydrogens is 604 g/mol. The van der Waals surface area contributed by atoms with E-state index in [2.05, 4.69) is 15.5 Å². The highest BCUT2D eigenvalue weighted by Gasteiger charge is 2.23. The third-order valence-corrected chi connectivity index (χ3v) is 8.09. The van der Waals surface area contributed by atoms with Crippen LogP contribution in [-0.4, -0.2) is 41.9 Å². The number of nitrogens with one attached hydrogen (secondary N) is 1. The van der Waals surface area contributed by atoms with Crippen LogP contribution < -0.4 is 25.1 Å². The van der Waals surface area contributed by atoms with Crippen LogP contribution in [0.4, 0.5) is 5.69 Å². The lowest BCUT2D eigenvalue weighted by Gasteiger charge is -2.15. The maximum absolute atomic E-state index is 14.1. The zero-order valence-corrected chi connectivity index (χ0v) is 25.4. The Morgan fingerprint density at radius 2 is 1.73 bits per heavy atom. The number of amides is 1. The molecule has 44 heavy (non-hydrogen) atoms. The molecule has 0 aliphatic rings. The number of carbonyl (C=O) groups excluding carboxylic acids is 1. The van der Waals surface area contributed by atoms with Gasteiger partial charge in [0.05, 0.1) is 38.3 Å². The van der Waals surface area contributed by atoms with Gasteiger partial charge in [-0.05, 0) is 53.7 Å². The molecule has 3 aromatic carbocycles. The van der Waals surface area contributed by atoms with Gasteiger partial charge in [0.2, 0.25) is 16.7 Å². The van der Waals surface area contributed by atoms with Crippen LogP contribution in [0.5, 0.6) is 17.2 Å². The monoisotopic (exact) mass is 628 g/mol. The number of benzene rings is 3. The molecule has 0 aliphatic carbocycles. The van der Waals surface area contributed by atoms with Crippen molar-refractivity contribution in [3.63, 3.8) is 0 Å². The lowest BCUT2D eigenvalue weighted by molar-refractivity contribution is -0.115. The van der Waals surface area contributed by atoms with Gasteiger partial charge >= 0.3 is 0 Å². The number of nitrogens with zero attached hydrogens (tertiary/aromatic N) is 3. The van der Waals surface area contributed by atoms with Crippen molar-refractivity contribution in [3.05, 3.63) is 99.9 Å². The quantitative estimate of drug-likeness (QED) is 0.190. The molecule has 222 valence electrons. The van der Waals surface area contributed by atoms with Gasteiger partial charge in [-0.25, -0.2) is 4.98 Å². The van der Waals surface area contributed by atoms with E-state index < -0.39 is 0 Å². The van der Waals surface area contributed by atoms with Gasteiger partial charge in [-0.1, -0.05) is 41.0 Å². The largest absolute Gasteiger partial charge is 0.493 e. The van der Waals surface area contributed by atoms with Crippen LogP contribution in [0.3, 0.4) is 0 Å². The summed E-state index contributed by atoms with van der Waals surface area (Å²) in [5.74, 6) is 0.975. The number of halogens is 1. The van der Waals surface area contributed by atoms with E-state index >= 15 is 0 Å². The lowest BCUT2D eigenvalue weighted by Crippen LogP contribution is -2.20. The van der Waals surface area contributed by atoms with Gasteiger partial charge in [-0.3, -0.25) is 14.2 Å². The molecule has 0 atom stereocenters. The van der Waals surface area contributed by atoms with Crippen molar-refractivity contribution in [3.8, 4) is 22.9 Å². The van der Waals surface area contributed by atoms with E-state index in [-0.39, 0.29) is 23.3 Å². The summed E-state index contributed by atoms with van der Waals surface area (Å²) in [7, 11) is 4.52. The SMILES string of the molecule is COc1cc(NC(=O)Cc2cccc(-n3c(=O)c4c(Sc5ccccn5)onc4c4c(Cl)cccc43)c2)cc(OC)c1OC. The standard InChI is InChI=1S/C32H25ClN4O6S/c1-40-23-16-19(17-24(41-2)30(23)42-3)35-25(38)15-18-8-6-9-20(14-18)37-22-11-7-10-21(33)27(22)29-28(31(37)39)32(43-36-29)44-26-12-4-5-13-34-26/h4-14,16-17H,15H2,1-3H3,(H,35,38). The molecular formula is C32H25ClN4O6S. The fourth-order valence-electron chi connectivity index (χ4n) is 4.97. The molecule has 0 radical (unpaired) electrons. The third-order valence-electron chi connectivity index (χ3n) is 6.86. The van der Waals surface area contributed by atoms with Crippen LogP contribution in [0, 0.1) is 0 Å².